The largest absolute Gasteiger partial charge is 0.360 e. The van der Waals surface area contributed by atoms with Crippen LogP contribution in [-0.4, -0.2) is 40.9 Å². The highest BCUT2D eigenvalue weighted by Crippen LogP contribution is 2.52. The standard InChI is InChI=1S/C22H15ClFN3O6/c23-12-6-5-11(9-15(12)27(31)32)19(28)25-10-22-8-7-16(33-22)17-18(22)21(30)26(20(17)29)14-4-2-1-3-13(14)24/h1-9,16-18H,10H2,(H,25,28)/t16-,17+,18+,22-/m1/s1. The number of fused-ring (bicyclic) bond motifs is 5. The average molecular weight is 472 g/mol. The number of hydrogen-bond acceptors (Lipinski definition) is 6. The van der Waals surface area contributed by atoms with E-state index >= 15 is 0 Å². The summed E-state index contributed by atoms with van der Waals surface area (Å²) < 4.78 is 20.3. The highest BCUT2D eigenvalue weighted by Gasteiger charge is 2.68. The molecule has 0 radical (unpaired) electrons. The van der Waals surface area contributed by atoms with E-state index in [9.17, 15) is 28.9 Å². The van der Waals surface area contributed by atoms with Gasteiger partial charge in [0.05, 0.1) is 35.1 Å². The van der Waals surface area contributed by atoms with E-state index in [1.165, 1.54) is 30.3 Å². The molecule has 2 aromatic rings. The van der Waals surface area contributed by atoms with Crippen LogP contribution < -0.4 is 10.2 Å². The molecule has 2 saturated heterocycles. The van der Waals surface area contributed by atoms with Crippen LogP contribution in [0.15, 0.2) is 54.6 Å². The van der Waals surface area contributed by atoms with Crippen LogP contribution in [-0.2, 0) is 14.3 Å². The Morgan fingerprint density at radius 3 is 2.73 bits per heavy atom. The molecule has 11 heteroatoms. The van der Waals surface area contributed by atoms with Crippen molar-refractivity contribution in [2.45, 2.75) is 11.7 Å². The number of benzene rings is 2. The minimum atomic E-state index is -1.30. The van der Waals surface area contributed by atoms with Crippen LogP contribution >= 0.6 is 11.6 Å². The fourth-order valence-corrected chi connectivity index (χ4v) is 4.88. The molecule has 3 aliphatic rings. The second-order valence-electron chi connectivity index (χ2n) is 7.97. The number of para-hydroxylation sites is 1. The summed E-state index contributed by atoms with van der Waals surface area (Å²) in [4.78, 5) is 50.2. The molecule has 2 aromatic carbocycles. The van der Waals surface area contributed by atoms with Gasteiger partial charge in [-0.25, -0.2) is 9.29 Å². The molecule has 2 bridgehead atoms. The zero-order chi connectivity index (χ0) is 23.5. The van der Waals surface area contributed by atoms with Gasteiger partial charge in [-0.15, -0.1) is 0 Å². The third kappa shape index (κ3) is 3.13. The van der Waals surface area contributed by atoms with Crippen molar-refractivity contribution in [1.29, 1.82) is 0 Å². The number of ether oxygens (including phenoxy) is 1. The van der Waals surface area contributed by atoms with Crippen LogP contribution in [0.1, 0.15) is 10.4 Å². The first-order chi connectivity index (χ1) is 15.7. The predicted molar refractivity (Wildman–Crippen MR) is 113 cm³/mol. The van der Waals surface area contributed by atoms with E-state index in [0.29, 0.717) is 0 Å². The van der Waals surface area contributed by atoms with Crippen LogP contribution in [0.3, 0.4) is 0 Å². The van der Waals surface area contributed by atoms with Crippen molar-refractivity contribution < 1.29 is 28.4 Å². The Kier molecular flexibility index (Phi) is 4.80. The SMILES string of the molecule is O=C(NC[C@@]12C=C[C@@H](O1)[C@@H]1C(=O)N(c3ccccc3F)C(=O)[C@H]12)c1ccc(Cl)c([N+](=O)[O-])c1. The molecule has 168 valence electrons. The highest BCUT2D eigenvalue weighted by molar-refractivity contribution is 6.32. The van der Waals surface area contributed by atoms with Crippen molar-refractivity contribution in [2.75, 3.05) is 11.4 Å². The number of carbonyl (C=O) groups is 3. The second kappa shape index (κ2) is 7.46. The van der Waals surface area contributed by atoms with Gasteiger partial charge in [-0.05, 0) is 24.3 Å². The lowest BCUT2D eigenvalue weighted by atomic mass is 9.77. The lowest BCUT2D eigenvalue weighted by molar-refractivity contribution is -0.384. The van der Waals surface area contributed by atoms with Gasteiger partial charge in [-0.2, -0.15) is 0 Å². The first-order valence-corrected chi connectivity index (χ1v) is 10.3. The molecule has 9 nitrogen and oxygen atoms in total. The fourth-order valence-electron chi connectivity index (χ4n) is 4.69. The zero-order valence-corrected chi connectivity index (χ0v) is 17.5. The van der Waals surface area contributed by atoms with E-state index in [2.05, 4.69) is 5.32 Å². The molecule has 3 amide bonds. The molecule has 5 rings (SSSR count). The summed E-state index contributed by atoms with van der Waals surface area (Å²) >= 11 is 5.79. The van der Waals surface area contributed by atoms with Gasteiger partial charge in [0, 0.05) is 11.6 Å². The maximum Gasteiger partial charge on any atom is 0.288 e. The third-order valence-corrected chi connectivity index (χ3v) is 6.50. The number of halogens is 2. The van der Waals surface area contributed by atoms with Crippen LogP contribution in [0.5, 0.6) is 0 Å². The third-order valence-electron chi connectivity index (χ3n) is 6.18. The van der Waals surface area contributed by atoms with Gasteiger partial charge in [-0.1, -0.05) is 35.9 Å². The Morgan fingerprint density at radius 1 is 1.24 bits per heavy atom. The number of imide groups is 1. The van der Waals surface area contributed by atoms with E-state index in [1.807, 2.05) is 0 Å². The minimum absolute atomic E-state index is 0.00242. The first-order valence-electron chi connectivity index (χ1n) is 9.95. The molecular formula is C22H15ClFN3O6. The summed E-state index contributed by atoms with van der Waals surface area (Å²) in [5, 5.41) is 13.6. The van der Waals surface area contributed by atoms with E-state index < -0.39 is 57.7 Å². The fraction of sp³-hybridized carbons (Fsp3) is 0.227. The normalized spacial score (nSPS) is 27.2. The van der Waals surface area contributed by atoms with Gasteiger partial charge in [0.15, 0.2) is 0 Å². The molecule has 3 heterocycles. The molecule has 2 fully saturated rings. The molecule has 0 aliphatic carbocycles. The maximum absolute atomic E-state index is 14.3. The number of rotatable bonds is 5. The summed E-state index contributed by atoms with van der Waals surface area (Å²) in [5.74, 6) is -4.30. The lowest BCUT2D eigenvalue weighted by Gasteiger charge is -2.29. The summed E-state index contributed by atoms with van der Waals surface area (Å²) in [7, 11) is 0. The maximum atomic E-state index is 14.3. The van der Waals surface area contributed by atoms with Gasteiger partial charge in [0.25, 0.3) is 11.6 Å². The summed E-state index contributed by atoms with van der Waals surface area (Å²) in [5.41, 5.74) is -1.85. The van der Waals surface area contributed by atoms with Gasteiger partial charge in [0.1, 0.15) is 16.4 Å². The Labute approximate surface area is 190 Å². The quantitative estimate of drug-likeness (QED) is 0.310. The Bertz CT molecular complexity index is 1270. The minimum Gasteiger partial charge on any atom is -0.360 e. The Morgan fingerprint density at radius 2 is 2.00 bits per heavy atom. The summed E-state index contributed by atoms with van der Waals surface area (Å²) in [6.07, 6.45) is 2.59. The molecular weight excluding hydrogens is 457 g/mol. The van der Waals surface area contributed by atoms with Gasteiger partial charge in [-0.3, -0.25) is 24.5 Å². The van der Waals surface area contributed by atoms with Crippen molar-refractivity contribution >= 4 is 40.7 Å². The van der Waals surface area contributed by atoms with Crippen molar-refractivity contribution in [3.8, 4) is 0 Å². The van der Waals surface area contributed by atoms with E-state index in [0.717, 1.165) is 17.0 Å². The molecule has 0 unspecified atom stereocenters. The van der Waals surface area contributed by atoms with Crippen LogP contribution in [0.2, 0.25) is 5.02 Å². The average Bonchev–Trinajstić information content (AvgIpc) is 3.43. The van der Waals surface area contributed by atoms with Crippen LogP contribution in [0.4, 0.5) is 15.8 Å². The molecule has 0 spiro atoms. The zero-order valence-electron chi connectivity index (χ0n) is 16.7. The van der Waals surface area contributed by atoms with E-state index in [1.54, 1.807) is 12.2 Å². The second-order valence-corrected chi connectivity index (χ2v) is 8.38. The van der Waals surface area contributed by atoms with Crippen LogP contribution in [0.25, 0.3) is 0 Å². The number of nitrogens with one attached hydrogen (secondary N) is 1. The Balaban J connectivity index is 1.39. The van der Waals surface area contributed by atoms with Crippen molar-refractivity contribution in [3.63, 3.8) is 0 Å². The number of hydrogen-bond donors (Lipinski definition) is 1. The van der Waals surface area contributed by atoms with Crippen molar-refractivity contribution in [1.82, 2.24) is 5.32 Å². The number of carbonyl (C=O) groups excluding carboxylic acids is 3. The van der Waals surface area contributed by atoms with Crippen molar-refractivity contribution in [3.05, 3.63) is 81.1 Å². The molecule has 4 atom stereocenters. The number of amides is 3. The topological polar surface area (TPSA) is 119 Å². The molecule has 0 saturated carbocycles. The monoisotopic (exact) mass is 471 g/mol. The first kappa shape index (κ1) is 21.2. The molecule has 3 aliphatic heterocycles. The highest BCUT2D eigenvalue weighted by atomic mass is 35.5. The van der Waals surface area contributed by atoms with Gasteiger partial charge in [0.2, 0.25) is 11.8 Å². The van der Waals surface area contributed by atoms with Gasteiger partial charge < -0.3 is 10.1 Å². The number of nitro groups is 1. The Hall–Kier alpha value is -3.63. The van der Waals surface area contributed by atoms with Crippen molar-refractivity contribution in [2.24, 2.45) is 11.8 Å². The van der Waals surface area contributed by atoms with E-state index in [-0.39, 0.29) is 22.8 Å². The number of anilines is 1. The van der Waals surface area contributed by atoms with E-state index in [4.69, 9.17) is 16.3 Å². The van der Waals surface area contributed by atoms with Crippen LogP contribution in [0, 0.1) is 27.8 Å². The lowest BCUT2D eigenvalue weighted by Crippen LogP contribution is -2.49. The smallest absolute Gasteiger partial charge is 0.288 e. The summed E-state index contributed by atoms with van der Waals surface area (Å²) in [6.45, 7) is -0.166. The summed E-state index contributed by atoms with van der Waals surface area (Å²) in [6, 6.07) is 9.11. The number of nitrogens with zero attached hydrogens (tertiary/aromatic N) is 2. The molecule has 33 heavy (non-hydrogen) atoms. The molecule has 1 N–H and O–H groups in total. The molecule has 0 aromatic heterocycles. The number of nitro benzene ring substituents is 1. The predicted octanol–water partition coefficient (Wildman–Crippen LogP) is 2.63. The van der Waals surface area contributed by atoms with Gasteiger partial charge >= 0.3 is 0 Å².